The monoisotopic (exact) mass is 264 g/mol. The van der Waals surface area contributed by atoms with E-state index in [0.717, 1.165) is 16.8 Å². The number of hydrogen-bond donors (Lipinski definition) is 1. The van der Waals surface area contributed by atoms with Crippen molar-refractivity contribution in [3.63, 3.8) is 0 Å². The summed E-state index contributed by atoms with van der Waals surface area (Å²) in [5.74, 6) is -2.58. The lowest BCUT2D eigenvalue weighted by Gasteiger charge is -2.01. The van der Waals surface area contributed by atoms with Crippen LogP contribution in [0.5, 0.6) is 5.75 Å². The number of nitrogens with zero attached hydrogens (tertiary/aromatic N) is 2. The second kappa shape index (κ2) is 4.89. The van der Waals surface area contributed by atoms with Gasteiger partial charge in [-0.25, -0.2) is 14.0 Å². The Morgan fingerprint density at radius 2 is 2.11 bits per heavy atom. The van der Waals surface area contributed by atoms with Crippen LogP contribution in [0.25, 0.3) is 0 Å². The van der Waals surface area contributed by atoms with E-state index in [4.69, 9.17) is 9.84 Å². The summed E-state index contributed by atoms with van der Waals surface area (Å²) in [6.45, 7) is 0. The summed E-state index contributed by atoms with van der Waals surface area (Å²) in [5.41, 5.74) is -0.310. The molecule has 2 rings (SSSR count). The third-order valence-corrected chi connectivity index (χ3v) is 2.31. The molecule has 19 heavy (non-hydrogen) atoms. The standard InChI is InChI=1S/C12H9FN2O4/c1-15-10(11(16)17)6-9(14-15)12(18)19-8-4-2-3-7(13)5-8/h2-6H,1H3,(H,16,17). The van der Waals surface area contributed by atoms with E-state index in [1.54, 1.807) is 0 Å². The van der Waals surface area contributed by atoms with Crippen molar-refractivity contribution in [2.45, 2.75) is 0 Å². The molecule has 0 unspecified atom stereocenters. The summed E-state index contributed by atoms with van der Waals surface area (Å²) in [7, 11) is 1.39. The summed E-state index contributed by atoms with van der Waals surface area (Å²) in [6.07, 6.45) is 0. The highest BCUT2D eigenvalue weighted by Gasteiger charge is 2.18. The molecule has 0 aliphatic rings. The van der Waals surface area contributed by atoms with Crippen molar-refractivity contribution < 1.29 is 23.8 Å². The molecule has 0 spiro atoms. The van der Waals surface area contributed by atoms with Gasteiger partial charge in [-0.3, -0.25) is 4.68 Å². The summed E-state index contributed by atoms with van der Waals surface area (Å²) in [6, 6.07) is 6.13. The predicted molar refractivity (Wildman–Crippen MR) is 61.5 cm³/mol. The highest BCUT2D eigenvalue weighted by atomic mass is 19.1. The first-order valence-electron chi connectivity index (χ1n) is 5.22. The molecule has 1 aromatic heterocycles. The first-order chi connectivity index (χ1) is 8.97. The molecule has 0 bridgehead atoms. The van der Waals surface area contributed by atoms with E-state index >= 15 is 0 Å². The lowest BCUT2D eigenvalue weighted by atomic mass is 10.3. The van der Waals surface area contributed by atoms with Crippen molar-refractivity contribution >= 4 is 11.9 Å². The number of hydrogen-bond acceptors (Lipinski definition) is 4. The van der Waals surface area contributed by atoms with Crippen molar-refractivity contribution in [3.05, 3.63) is 47.5 Å². The molecule has 2 aromatic rings. The minimum atomic E-state index is -1.21. The highest BCUT2D eigenvalue weighted by molar-refractivity contribution is 5.93. The van der Waals surface area contributed by atoms with Crippen LogP contribution < -0.4 is 4.74 Å². The maximum Gasteiger partial charge on any atom is 0.364 e. The van der Waals surface area contributed by atoms with Crippen molar-refractivity contribution in [1.29, 1.82) is 0 Å². The van der Waals surface area contributed by atoms with Gasteiger partial charge in [-0.1, -0.05) is 6.07 Å². The van der Waals surface area contributed by atoms with Gasteiger partial charge in [-0.15, -0.1) is 0 Å². The maximum absolute atomic E-state index is 12.9. The Morgan fingerprint density at radius 3 is 2.68 bits per heavy atom. The molecule has 0 saturated carbocycles. The van der Waals surface area contributed by atoms with Gasteiger partial charge < -0.3 is 9.84 Å². The molecule has 0 radical (unpaired) electrons. The molecule has 0 atom stereocenters. The largest absolute Gasteiger partial charge is 0.477 e. The van der Waals surface area contributed by atoms with Crippen LogP contribution in [0.2, 0.25) is 0 Å². The lowest BCUT2D eigenvalue weighted by Crippen LogP contribution is -2.10. The summed E-state index contributed by atoms with van der Waals surface area (Å²) >= 11 is 0. The van der Waals surface area contributed by atoms with Gasteiger partial charge in [0.05, 0.1) is 0 Å². The molecule has 0 fully saturated rings. The van der Waals surface area contributed by atoms with Crippen LogP contribution in [0.1, 0.15) is 21.0 Å². The second-order valence-electron chi connectivity index (χ2n) is 3.69. The maximum atomic E-state index is 12.9. The minimum absolute atomic E-state index is 0.0209. The number of ether oxygens (including phenoxy) is 1. The quantitative estimate of drug-likeness (QED) is 0.670. The number of aromatic nitrogens is 2. The van der Waals surface area contributed by atoms with Gasteiger partial charge in [0.2, 0.25) is 0 Å². The molecule has 0 amide bonds. The van der Waals surface area contributed by atoms with E-state index in [2.05, 4.69) is 5.10 Å². The number of carbonyl (C=O) groups is 2. The van der Waals surface area contributed by atoms with E-state index < -0.39 is 17.8 Å². The van der Waals surface area contributed by atoms with Gasteiger partial charge in [0.25, 0.3) is 0 Å². The SMILES string of the molecule is Cn1nc(C(=O)Oc2cccc(F)c2)cc1C(=O)O. The zero-order valence-corrected chi connectivity index (χ0v) is 9.83. The third-order valence-electron chi connectivity index (χ3n) is 2.31. The molecular weight excluding hydrogens is 255 g/mol. The fraction of sp³-hybridized carbons (Fsp3) is 0.0833. The fourth-order valence-corrected chi connectivity index (χ4v) is 1.46. The minimum Gasteiger partial charge on any atom is -0.477 e. The second-order valence-corrected chi connectivity index (χ2v) is 3.69. The van der Waals surface area contributed by atoms with E-state index in [9.17, 15) is 14.0 Å². The van der Waals surface area contributed by atoms with E-state index in [1.165, 1.54) is 25.2 Å². The predicted octanol–water partition coefficient (Wildman–Crippen LogP) is 1.48. The van der Waals surface area contributed by atoms with E-state index in [-0.39, 0.29) is 17.1 Å². The Hall–Kier alpha value is -2.70. The average molecular weight is 264 g/mol. The first-order valence-corrected chi connectivity index (χ1v) is 5.22. The smallest absolute Gasteiger partial charge is 0.364 e. The molecule has 0 aliphatic carbocycles. The number of halogens is 1. The number of carboxylic acid groups (broad SMARTS) is 1. The summed E-state index contributed by atoms with van der Waals surface area (Å²) in [4.78, 5) is 22.5. The molecule has 1 aromatic carbocycles. The van der Waals surface area contributed by atoms with Crippen LogP contribution in [0.3, 0.4) is 0 Å². The molecule has 98 valence electrons. The third kappa shape index (κ3) is 2.76. The molecule has 0 aliphatic heterocycles. The summed E-state index contributed by atoms with van der Waals surface area (Å²) in [5, 5.41) is 12.5. The Bertz CT molecular complexity index is 651. The molecule has 1 heterocycles. The average Bonchev–Trinajstić information content (AvgIpc) is 2.71. The molecule has 7 heteroatoms. The highest BCUT2D eigenvalue weighted by Crippen LogP contribution is 2.14. The van der Waals surface area contributed by atoms with Gasteiger partial charge in [-0.2, -0.15) is 5.10 Å². The van der Waals surface area contributed by atoms with Crippen LogP contribution >= 0.6 is 0 Å². The number of aromatic carboxylic acids is 1. The van der Waals surface area contributed by atoms with Crippen LogP contribution in [0.15, 0.2) is 30.3 Å². The molecule has 6 nitrogen and oxygen atoms in total. The van der Waals surface area contributed by atoms with Crippen LogP contribution in [0.4, 0.5) is 4.39 Å². The molecule has 0 saturated heterocycles. The number of aryl methyl sites for hydroxylation is 1. The Morgan fingerprint density at radius 1 is 1.37 bits per heavy atom. The normalized spacial score (nSPS) is 10.2. The van der Waals surface area contributed by atoms with E-state index in [1.807, 2.05) is 0 Å². The number of esters is 1. The zero-order valence-electron chi connectivity index (χ0n) is 9.83. The van der Waals surface area contributed by atoms with Crippen molar-refractivity contribution in [2.24, 2.45) is 7.05 Å². The Balaban J connectivity index is 2.21. The number of benzene rings is 1. The van der Waals surface area contributed by atoms with Crippen molar-refractivity contribution in [2.75, 3.05) is 0 Å². The zero-order chi connectivity index (χ0) is 14.0. The van der Waals surface area contributed by atoms with E-state index in [0.29, 0.717) is 0 Å². The lowest BCUT2D eigenvalue weighted by molar-refractivity contribution is 0.0683. The number of carboxylic acids is 1. The molecular formula is C12H9FN2O4. The van der Waals surface area contributed by atoms with Crippen molar-refractivity contribution in [3.8, 4) is 5.75 Å². The first kappa shape index (κ1) is 12.7. The number of rotatable bonds is 3. The fourth-order valence-electron chi connectivity index (χ4n) is 1.46. The topological polar surface area (TPSA) is 81.4 Å². The Kier molecular flexibility index (Phi) is 3.28. The molecule has 1 N–H and O–H groups in total. The van der Waals surface area contributed by atoms with Gasteiger partial charge in [0.15, 0.2) is 5.69 Å². The Labute approximate surface area is 107 Å². The van der Waals surface area contributed by atoms with Crippen molar-refractivity contribution in [1.82, 2.24) is 9.78 Å². The van der Waals surface area contributed by atoms with Crippen LogP contribution in [0, 0.1) is 5.82 Å². The van der Waals surface area contributed by atoms with Gasteiger partial charge in [0, 0.05) is 19.2 Å². The van der Waals surface area contributed by atoms with Crippen LogP contribution in [-0.4, -0.2) is 26.8 Å². The van der Waals surface area contributed by atoms with Crippen LogP contribution in [-0.2, 0) is 7.05 Å². The number of carbonyl (C=O) groups excluding carboxylic acids is 1. The van der Waals surface area contributed by atoms with Gasteiger partial charge in [-0.05, 0) is 12.1 Å². The van der Waals surface area contributed by atoms with Gasteiger partial charge in [0.1, 0.15) is 17.3 Å². The van der Waals surface area contributed by atoms with Gasteiger partial charge >= 0.3 is 11.9 Å². The summed E-state index contributed by atoms with van der Waals surface area (Å²) < 4.78 is 18.8.